The summed E-state index contributed by atoms with van der Waals surface area (Å²) in [5, 5.41) is 2.67. The van der Waals surface area contributed by atoms with Gasteiger partial charge in [-0.05, 0) is 50.3 Å². The van der Waals surface area contributed by atoms with E-state index in [2.05, 4.69) is 15.2 Å². The molecule has 0 aliphatic carbocycles. The minimum atomic E-state index is -4.43. The van der Waals surface area contributed by atoms with Crippen molar-refractivity contribution in [1.29, 1.82) is 0 Å². The van der Waals surface area contributed by atoms with Crippen LogP contribution in [-0.4, -0.2) is 48.1 Å². The van der Waals surface area contributed by atoms with Crippen LogP contribution in [0, 0.1) is 5.92 Å². The molecular formula is C18H24F3N3O2. The van der Waals surface area contributed by atoms with Crippen LogP contribution in [0.2, 0.25) is 0 Å². The molecule has 3 heterocycles. The zero-order chi connectivity index (χ0) is 18.6. The van der Waals surface area contributed by atoms with E-state index in [0.29, 0.717) is 5.92 Å². The standard InChI is InChI=1S/C18H24F3N3O2/c19-18(20,21)14-4-5-16(22-11-14)23-17(25)15-3-1-2-8-24(15)12-13-6-9-26-10-7-13/h4-5,11,13,15H,1-3,6-10,12H2,(H,22,23,25). The SMILES string of the molecule is O=C(Nc1ccc(C(F)(F)F)cn1)C1CCCCN1CC1CCOCC1. The Bertz CT molecular complexity index is 601. The van der Waals surface area contributed by atoms with Gasteiger partial charge in [0.05, 0.1) is 11.6 Å². The molecule has 8 heteroatoms. The van der Waals surface area contributed by atoms with Gasteiger partial charge in [0.2, 0.25) is 5.91 Å². The van der Waals surface area contributed by atoms with E-state index in [9.17, 15) is 18.0 Å². The van der Waals surface area contributed by atoms with E-state index in [4.69, 9.17) is 4.74 Å². The molecule has 5 nitrogen and oxygen atoms in total. The van der Waals surface area contributed by atoms with Gasteiger partial charge in [0.15, 0.2) is 0 Å². The Kier molecular flexibility index (Phi) is 6.13. The fraction of sp³-hybridized carbons (Fsp3) is 0.667. The second-order valence-corrected chi connectivity index (χ2v) is 6.98. The third-order valence-electron chi connectivity index (χ3n) is 5.09. The van der Waals surface area contributed by atoms with Crippen LogP contribution in [0.3, 0.4) is 0 Å². The van der Waals surface area contributed by atoms with Gasteiger partial charge in [0.25, 0.3) is 0 Å². The Morgan fingerprint density at radius 3 is 2.65 bits per heavy atom. The number of piperidine rings is 1. The number of amides is 1. The molecular weight excluding hydrogens is 347 g/mol. The topological polar surface area (TPSA) is 54.5 Å². The summed E-state index contributed by atoms with van der Waals surface area (Å²) in [5.74, 6) is 0.491. The van der Waals surface area contributed by atoms with E-state index in [1.54, 1.807) is 0 Å². The predicted octanol–water partition coefficient (Wildman–Crippen LogP) is 3.32. The number of hydrogen-bond donors (Lipinski definition) is 1. The minimum Gasteiger partial charge on any atom is -0.381 e. The highest BCUT2D eigenvalue weighted by atomic mass is 19.4. The lowest BCUT2D eigenvalue weighted by Gasteiger charge is -2.37. The number of ether oxygens (including phenoxy) is 1. The van der Waals surface area contributed by atoms with E-state index in [-0.39, 0.29) is 17.8 Å². The van der Waals surface area contributed by atoms with Crippen LogP contribution in [0.5, 0.6) is 0 Å². The number of pyridine rings is 1. The maximum absolute atomic E-state index is 12.7. The molecule has 26 heavy (non-hydrogen) atoms. The average Bonchev–Trinajstić information content (AvgIpc) is 2.63. The lowest BCUT2D eigenvalue weighted by Crippen LogP contribution is -2.49. The van der Waals surface area contributed by atoms with Crippen LogP contribution in [0.25, 0.3) is 0 Å². The first-order chi connectivity index (χ1) is 12.4. The van der Waals surface area contributed by atoms with Gasteiger partial charge in [-0.15, -0.1) is 0 Å². The number of hydrogen-bond acceptors (Lipinski definition) is 4. The Balaban J connectivity index is 1.60. The van der Waals surface area contributed by atoms with Gasteiger partial charge >= 0.3 is 6.18 Å². The van der Waals surface area contributed by atoms with Crippen molar-refractivity contribution in [3.05, 3.63) is 23.9 Å². The van der Waals surface area contributed by atoms with Crippen LogP contribution in [0.15, 0.2) is 18.3 Å². The predicted molar refractivity (Wildman–Crippen MR) is 90.6 cm³/mol. The summed E-state index contributed by atoms with van der Waals surface area (Å²) in [5.41, 5.74) is -0.825. The minimum absolute atomic E-state index is 0.152. The van der Waals surface area contributed by atoms with Crippen molar-refractivity contribution in [3.8, 4) is 0 Å². The quantitative estimate of drug-likeness (QED) is 0.882. The van der Waals surface area contributed by atoms with Gasteiger partial charge in [-0.3, -0.25) is 9.69 Å². The highest BCUT2D eigenvalue weighted by Gasteiger charge is 2.32. The van der Waals surface area contributed by atoms with E-state index in [1.165, 1.54) is 6.07 Å². The van der Waals surface area contributed by atoms with Gasteiger partial charge in [-0.1, -0.05) is 6.42 Å². The summed E-state index contributed by atoms with van der Waals surface area (Å²) in [7, 11) is 0. The molecule has 2 fully saturated rings. The molecule has 1 N–H and O–H groups in total. The molecule has 0 spiro atoms. The molecule has 1 aromatic heterocycles. The molecule has 2 aliphatic rings. The summed E-state index contributed by atoms with van der Waals surface area (Å²) in [6.07, 6.45) is 1.12. The number of carbonyl (C=O) groups is 1. The van der Waals surface area contributed by atoms with Crippen LogP contribution < -0.4 is 5.32 Å². The molecule has 1 aromatic rings. The highest BCUT2D eigenvalue weighted by Crippen LogP contribution is 2.29. The first-order valence-corrected chi connectivity index (χ1v) is 9.09. The van der Waals surface area contributed by atoms with Crippen molar-refractivity contribution >= 4 is 11.7 Å². The Morgan fingerprint density at radius 2 is 2.00 bits per heavy atom. The maximum Gasteiger partial charge on any atom is 0.417 e. The number of carbonyl (C=O) groups excluding carboxylic acids is 1. The fourth-order valence-electron chi connectivity index (χ4n) is 3.61. The maximum atomic E-state index is 12.7. The number of rotatable bonds is 4. The number of halogens is 3. The van der Waals surface area contributed by atoms with Crippen LogP contribution in [0.4, 0.5) is 19.0 Å². The highest BCUT2D eigenvalue weighted by molar-refractivity contribution is 5.94. The molecule has 1 unspecified atom stereocenters. The van der Waals surface area contributed by atoms with Crippen molar-refractivity contribution in [2.45, 2.75) is 44.3 Å². The Labute approximate surface area is 150 Å². The summed E-state index contributed by atoms with van der Waals surface area (Å²) >= 11 is 0. The second kappa shape index (κ2) is 8.35. The average molecular weight is 371 g/mol. The van der Waals surface area contributed by atoms with Gasteiger partial charge in [-0.2, -0.15) is 13.2 Å². The molecule has 1 amide bonds. The first-order valence-electron chi connectivity index (χ1n) is 9.09. The molecule has 1 atom stereocenters. The fourth-order valence-corrected chi connectivity index (χ4v) is 3.61. The van der Waals surface area contributed by atoms with Crippen molar-refractivity contribution in [2.24, 2.45) is 5.92 Å². The number of anilines is 1. The molecule has 0 radical (unpaired) electrons. The Morgan fingerprint density at radius 1 is 1.23 bits per heavy atom. The normalized spacial score (nSPS) is 23.0. The number of likely N-dealkylation sites (tertiary alicyclic amines) is 1. The molecule has 0 saturated carbocycles. The first kappa shape index (κ1) is 19.1. The summed E-state index contributed by atoms with van der Waals surface area (Å²) in [4.78, 5) is 18.6. The van der Waals surface area contributed by atoms with Crippen LogP contribution in [-0.2, 0) is 15.7 Å². The van der Waals surface area contributed by atoms with Crippen molar-refractivity contribution in [3.63, 3.8) is 0 Å². The van der Waals surface area contributed by atoms with Gasteiger partial charge < -0.3 is 10.1 Å². The third-order valence-corrected chi connectivity index (χ3v) is 5.09. The molecule has 144 valence electrons. The van der Waals surface area contributed by atoms with Crippen LogP contribution >= 0.6 is 0 Å². The van der Waals surface area contributed by atoms with Crippen molar-refractivity contribution in [1.82, 2.24) is 9.88 Å². The van der Waals surface area contributed by atoms with Gasteiger partial charge in [0, 0.05) is 26.0 Å². The molecule has 3 rings (SSSR count). The third kappa shape index (κ3) is 4.94. The number of aromatic nitrogens is 1. The zero-order valence-electron chi connectivity index (χ0n) is 14.6. The lowest BCUT2D eigenvalue weighted by atomic mass is 9.95. The molecule has 0 aromatic carbocycles. The largest absolute Gasteiger partial charge is 0.417 e. The van der Waals surface area contributed by atoms with Crippen LogP contribution in [0.1, 0.15) is 37.7 Å². The smallest absolute Gasteiger partial charge is 0.381 e. The lowest BCUT2D eigenvalue weighted by molar-refractivity contribution is -0.137. The molecule has 2 saturated heterocycles. The van der Waals surface area contributed by atoms with Crippen molar-refractivity contribution < 1.29 is 22.7 Å². The summed E-state index contributed by atoms with van der Waals surface area (Å²) < 4.78 is 43.2. The summed E-state index contributed by atoms with van der Waals surface area (Å²) in [6.45, 7) is 3.27. The second-order valence-electron chi connectivity index (χ2n) is 6.98. The molecule has 2 aliphatic heterocycles. The number of nitrogens with zero attached hydrogens (tertiary/aromatic N) is 2. The molecule has 0 bridgehead atoms. The van der Waals surface area contributed by atoms with E-state index >= 15 is 0 Å². The summed E-state index contributed by atoms with van der Waals surface area (Å²) in [6, 6.07) is 1.88. The zero-order valence-corrected chi connectivity index (χ0v) is 14.6. The van der Waals surface area contributed by atoms with E-state index in [0.717, 1.165) is 70.7 Å². The van der Waals surface area contributed by atoms with Crippen molar-refractivity contribution in [2.75, 3.05) is 31.6 Å². The number of nitrogens with one attached hydrogen (secondary N) is 1. The van der Waals surface area contributed by atoms with Gasteiger partial charge in [-0.25, -0.2) is 4.98 Å². The van der Waals surface area contributed by atoms with Gasteiger partial charge in [0.1, 0.15) is 5.82 Å². The van der Waals surface area contributed by atoms with E-state index < -0.39 is 11.7 Å². The van der Waals surface area contributed by atoms with E-state index in [1.807, 2.05) is 0 Å². The number of alkyl halides is 3. The monoisotopic (exact) mass is 371 g/mol. The Hall–Kier alpha value is -1.67.